The van der Waals surface area contributed by atoms with E-state index in [2.05, 4.69) is 21.2 Å². The van der Waals surface area contributed by atoms with Crippen LogP contribution < -0.4 is 9.96 Å². The zero-order valence-electron chi connectivity index (χ0n) is 8.07. The first-order chi connectivity index (χ1) is 7.13. The van der Waals surface area contributed by atoms with Crippen LogP contribution in [0.3, 0.4) is 0 Å². The third-order valence-electron chi connectivity index (χ3n) is 2.50. The zero-order valence-corrected chi connectivity index (χ0v) is 9.66. The van der Waals surface area contributed by atoms with Gasteiger partial charge in [0.05, 0.1) is 6.54 Å². The maximum Gasteiger partial charge on any atom is 0.421 e. The highest BCUT2D eigenvalue weighted by Crippen LogP contribution is 2.26. The third-order valence-corrected chi connectivity index (χ3v) is 3.03. The average Bonchev–Trinajstić information content (AvgIpc) is 2.23. The quantitative estimate of drug-likeness (QED) is 0.629. The lowest BCUT2D eigenvalue weighted by Gasteiger charge is -2.41. The Kier molecular flexibility index (Phi) is 2.77. The molecule has 1 aliphatic heterocycles. The maximum absolute atomic E-state index is 12.3. The van der Waals surface area contributed by atoms with Gasteiger partial charge in [0.1, 0.15) is 5.69 Å². The van der Waals surface area contributed by atoms with Crippen molar-refractivity contribution in [3.63, 3.8) is 0 Å². The maximum atomic E-state index is 12.3. The largest absolute Gasteiger partial charge is 0.618 e. The van der Waals surface area contributed by atoms with Crippen molar-refractivity contribution in [1.29, 1.82) is 0 Å². The molecule has 0 aliphatic carbocycles. The van der Waals surface area contributed by atoms with Crippen molar-refractivity contribution in [1.82, 2.24) is 9.96 Å². The molecule has 4 nitrogen and oxygen atoms in total. The summed E-state index contributed by atoms with van der Waals surface area (Å²) < 4.78 is 0.00284. The van der Waals surface area contributed by atoms with E-state index in [1.165, 1.54) is 0 Å². The van der Waals surface area contributed by atoms with Crippen molar-refractivity contribution in [3.05, 3.63) is 33.9 Å². The Labute approximate surface area is 96.2 Å². The van der Waals surface area contributed by atoms with E-state index in [9.17, 15) is 10.0 Å². The Morgan fingerprint density at radius 3 is 2.60 bits per heavy atom. The highest BCUT2D eigenvalue weighted by atomic mass is 79.9. The van der Waals surface area contributed by atoms with Gasteiger partial charge >= 0.3 is 6.03 Å². The van der Waals surface area contributed by atoms with Crippen molar-refractivity contribution < 1.29 is 4.79 Å². The molecule has 1 aliphatic rings. The second-order valence-corrected chi connectivity index (χ2v) is 4.44. The lowest BCUT2D eigenvalue weighted by Crippen LogP contribution is -2.59. The molecule has 1 aromatic rings. The number of amides is 2. The summed E-state index contributed by atoms with van der Waals surface area (Å²) in [6, 6.07) is 6.44. The summed E-state index contributed by atoms with van der Waals surface area (Å²) in [5, 5.41) is 14.9. The van der Waals surface area contributed by atoms with Gasteiger partial charge in [-0.2, -0.15) is 0 Å². The fraction of sp³-hybridized carbons (Fsp3) is 0.300. The summed E-state index contributed by atoms with van der Waals surface area (Å²) >= 11 is 3.29. The Balaban J connectivity index is 2.35. The number of halogens is 1. The molecule has 2 amide bonds. The number of rotatable bonds is 1. The Hall–Kier alpha value is -0.910. The first kappa shape index (κ1) is 10.6. The summed E-state index contributed by atoms with van der Waals surface area (Å²) in [5.41, 5.74) is 0.482. The number of benzene rings is 1. The first-order valence-electron chi connectivity index (χ1n) is 4.76. The van der Waals surface area contributed by atoms with Gasteiger partial charge in [0, 0.05) is 29.6 Å². The number of hydrogen-bond acceptors (Lipinski definition) is 2. The minimum Gasteiger partial charge on any atom is -0.618 e. The molecular formula is C10H11BrN2O2. The smallest absolute Gasteiger partial charge is 0.421 e. The second-order valence-electron chi connectivity index (χ2n) is 3.53. The number of quaternary nitrogens is 1. The second kappa shape index (κ2) is 3.92. The van der Waals surface area contributed by atoms with Crippen LogP contribution >= 0.6 is 15.9 Å². The lowest BCUT2D eigenvalue weighted by atomic mass is 10.2. The van der Waals surface area contributed by atoms with Gasteiger partial charge < -0.3 is 10.5 Å². The van der Waals surface area contributed by atoms with Crippen LogP contribution in [0.15, 0.2) is 28.7 Å². The topological polar surface area (TPSA) is 52.2 Å². The summed E-state index contributed by atoms with van der Waals surface area (Å²) in [6.45, 7) is 0.908. The van der Waals surface area contributed by atoms with Gasteiger partial charge in [-0.05, 0) is 12.1 Å². The van der Waals surface area contributed by atoms with E-state index >= 15 is 0 Å². The minimum absolute atomic E-state index is 0.313. The van der Waals surface area contributed by atoms with Gasteiger partial charge in [0.15, 0.2) is 0 Å². The molecule has 1 unspecified atom stereocenters. The molecule has 0 aromatic heterocycles. The number of nitrogens with one attached hydrogen (secondary N) is 1. The van der Waals surface area contributed by atoms with Crippen LogP contribution in [0.2, 0.25) is 0 Å². The van der Waals surface area contributed by atoms with E-state index in [-0.39, 0.29) is 0 Å². The number of hydrogen-bond donors (Lipinski definition) is 1. The number of hydroxylamine groups is 2. The van der Waals surface area contributed by atoms with Crippen LogP contribution in [-0.2, 0) is 0 Å². The average molecular weight is 271 g/mol. The molecule has 1 N–H and O–H groups in total. The van der Waals surface area contributed by atoms with Gasteiger partial charge in [-0.1, -0.05) is 15.9 Å². The lowest BCUT2D eigenvalue weighted by molar-refractivity contribution is 0.206. The van der Waals surface area contributed by atoms with Crippen molar-refractivity contribution in [2.24, 2.45) is 0 Å². The van der Waals surface area contributed by atoms with Gasteiger partial charge in [-0.3, -0.25) is 0 Å². The number of nitrogens with zero attached hydrogens (tertiary/aromatic N) is 1. The number of carbonyl (C=O) groups is 1. The van der Waals surface area contributed by atoms with Gasteiger partial charge in [0.25, 0.3) is 0 Å². The summed E-state index contributed by atoms with van der Waals surface area (Å²) in [7, 11) is 0. The fourth-order valence-corrected chi connectivity index (χ4v) is 1.92. The van der Waals surface area contributed by atoms with E-state index in [1.54, 1.807) is 24.3 Å². The van der Waals surface area contributed by atoms with E-state index in [0.717, 1.165) is 4.47 Å². The minimum atomic E-state index is -0.896. The third kappa shape index (κ3) is 1.90. The van der Waals surface area contributed by atoms with Crippen molar-refractivity contribution >= 4 is 27.6 Å². The van der Waals surface area contributed by atoms with Crippen molar-refractivity contribution in [2.75, 3.05) is 13.1 Å². The van der Waals surface area contributed by atoms with Crippen LogP contribution in [0.25, 0.3) is 0 Å². The monoisotopic (exact) mass is 270 g/mol. The van der Waals surface area contributed by atoms with Crippen LogP contribution in [-0.4, -0.2) is 19.1 Å². The fourth-order valence-electron chi connectivity index (χ4n) is 1.65. The Morgan fingerprint density at radius 2 is 2.00 bits per heavy atom. The van der Waals surface area contributed by atoms with E-state index in [0.29, 0.717) is 25.2 Å². The van der Waals surface area contributed by atoms with Crippen LogP contribution in [0.5, 0.6) is 0 Å². The molecule has 0 spiro atoms. The van der Waals surface area contributed by atoms with Crippen LogP contribution in [0.4, 0.5) is 10.5 Å². The summed E-state index contributed by atoms with van der Waals surface area (Å²) in [6.07, 6.45) is 0.714. The molecule has 0 radical (unpaired) electrons. The summed E-state index contributed by atoms with van der Waals surface area (Å²) in [5.74, 6) is 0. The SMILES string of the molecule is O=C1NCCC[N+]1([O-])c1ccc(Br)cc1. The molecule has 80 valence electrons. The van der Waals surface area contributed by atoms with Gasteiger partial charge in [-0.25, -0.2) is 9.44 Å². The zero-order chi connectivity index (χ0) is 10.9. The normalized spacial score (nSPS) is 26.1. The molecule has 1 aromatic carbocycles. The molecule has 0 saturated carbocycles. The highest BCUT2D eigenvalue weighted by Gasteiger charge is 2.32. The predicted octanol–water partition coefficient (Wildman–Crippen LogP) is 2.37. The predicted molar refractivity (Wildman–Crippen MR) is 62.2 cm³/mol. The molecule has 1 saturated heterocycles. The molecular weight excluding hydrogens is 260 g/mol. The highest BCUT2D eigenvalue weighted by molar-refractivity contribution is 9.10. The van der Waals surface area contributed by atoms with E-state index in [4.69, 9.17) is 0 Å². The van der Waals surface area contributed by atoms with Crippen LogP contribution in [0.1, 0.15) is 6.42 Å². The standard InChI is InChI=1S/C10H11BrN2O2/c11-8-2-4-9(5-3-8)13(15)7-1-6-12-10(13)14/h2-5H,1,6-7H2,(H,12,14). The Morgan fingerprint density at radius 1 is 1.33 bits per heavy atom. The molecule has 2 rings (SSSR count). The summed E-state index contributed by atoms with van der Waals surface area (Å²) in [4.78, 5) is 11.5. The molecule has 1 heterocycles. The van der Waals surface area contributed by atoms with E-state index < -0.39 is 10.7 Å². The van der Waals surface area contributed by atoms with Crippen LogP contribution in [0, 0.1) is 5.21 Å². The molecule has 1 fully saturated rings. The molecule has 1 atom stereocenters. The van der Waals surface area contributed by atoms with Gasteiger partial charge in [0.2, 0.25) is 0 Å². The first-order valence-corrected chi connectivity index (χ1v) is 5.56. The Bertz CT molecular complexity index is 380. The number of urea groups is 1. The molecule has 0 bridgehead atoms. The molecule has 5 heteroatoms. The molecule has 15 heavy (non-hydrogen) atoms. The van der Waals surface area contributed by atoms with Gasteiger partial charge in [-0.15, -0.1) is 0 Å². The van der Waals surface area contributed by atoms with Crippen molar-refractivity contribution in [2.45, 2.75) is 6.42 Å². The van der Waals surface area contributed by atoms with Crippen molar-refractivity contribution in [3.8, 4) is 0 Å². The number of carbonyl (C=O) groups excluding carboxylic acids is 1. The van der Waals surface area contributed by atoms with E-state index in [1.807, 2.05) is 0 Å².